The zero-order valence-electron chi connectivity index (χ0n) is 13.9. The van der Waals surface area contributed by atoms with E-state index in [1.807, 2.05) is 0 Å². The number of nitrogens with one attached hydrogen (secondary N) is 1. The fourth-order valence-electron chi connectivity index (χ4n) is 3.21. The predicted molar refractivity (Wildman–Crippen MR) is 87.7 cm³/mol. The van der Waals surface area contributed by atoms with Crippen LogP contribution in [0.2, 0.25) is 0 Å². The van der Waals surface area contributed by atoms with Gasteiger partial charge in [0.2, 0.25) is 0 Å². The molecular formula is C15H29N3O3S. The summed E-state index contributed by atoms with van der Waals surface area (Å²) in [6.07, 6.45) is 4.24. The van der Waals surface area contributed by atoms with E-state index in [1.165, 1.54) is 19.1 Å². The molecule has 7 heteroatoms. The number of rotatable bonds is 4. The third-order valence-corrected chi connectivity index (χ3v) is 6.62. The molecule has 2 rings (SSSR count). The molecule has 2 aliphatic rings. The van der Waals surface area contributed by atoms with E-state index in [0.29, 0.717) is 32.1 Å². The monoisotopic (exact) mass is 331 g/mol. The summed E-state index contributed by atoms with van der Waals surface area (Å²) in [5.41, 5.74) is 0. The average molecular weight is 331 g/mol. The van der Waals surface area contributed by atoms with Crippen LogP contribution in [0.4, 0.5) is 4.79 Å². The average Bonchev–Trinajstić information content (AvgIpc) is 2.95. The molecule has 0 aromatic carbocycles. The Morgan fingerprint density at radius 1 is 1.23 bits per heavy atom. The number of carbonyl (C=O) groups is 1. The van der Waals surface area contributed by atoms with Crippen molar-refractivity contribution in [3.63, 3.8) is 0 Å². The van der Waals surface area contributed by atoms with Crippen LogP contribution in [-0.4, -0.2) is 74.5 Å². The summed E-state index contributed by atoms with van der Waals surface area (Å²) in [7, 11) is -3.05. The molecule has 0 spiro atoms. The summed E-state index contributed by atoms with van der Waals surface area (Å²) in [4.78, 5) is 16.2. The van der Waals surface area contributed by atoms with Gasteiger partial charge in [-0.2, -0.15) is 0 Å². The molecule has 22 heavy (non-hydrogen) atoms. The lowest BCUT2D eigenvalue weighted by molar-refractivity contribution is 0.143. The van der Waals surface area contributed by atoms with Crippen LogP contribution in [0, 0.1) is 5.92 Å². The fourth-order valence-corrected chi connectivity index (χ4v) is 4.19. The maximum atomic E-state index is 12.2. The van der Waals surface area contributed by atoms with Crippen LogP contribution in [0.15, 0.2) is 0 Å². The van der Waals surface area contributed by atoms with Crippen LogP contribution in [0.5, 0.6) is 0 Å². The lowest BCUT2D eigenvalue weighted by atomic mass is 9.98. The van der Waals surface area contributed by atoms with Gasteiger partial charge in [-0.15, -0.1) is 0 Å². The van der Waals surface area contributed by atoms with Crippen LogP contribution in [0.3, 0.4) is 0 Å². The van der Waals surface area contributed by atoms with E-state index < -0.39 is 15.1 Å². The Balaban J connectivity index is 1.74. The summed E-state index contributed by atoms with van der Waals surface area (Å²) in [5.74, 6) is 0.801. The summed E-state index contributed by atoms with van der Waals surface area (Å²) in [6, 6.07) is 0.188. The van der Waals surface area contributed by atoms with Gasteiger partial charge in [-0.1, -0.05) is 6.92 Å². The maximum absolute atomic E-state index is 12.2. The second-order valence-corrected chi connectivity index (χ2v) is 9.27. The van der Waals surface area contributed by atoms with Crippen molar-refractivity contribution in [1.29, 1.82) is 0 Å². The van der Waals surface area contributed by atoms with Gasteiger partial charge < -0.3 is 10.2 Å². The van der Waals surface area contributed by atoms with Gasteiger partial charge in [0.1, 0.15) is 0 Å². The lowest BCUT2D eigenvalue weighted by Crippen LogP contribution is -2.48. The molecule has 2 atom stereocenters. The Morgan fingerprint density at radius 3 is 2.41 bits per heavy atom. The molecule has 128 valence electrons. The minimum atomic E-state index is -3.05. The molecular weight excluding hydrogens is 302 g/mol. The van der Waals surface area contributed by atoms with E-state index in [-0.39, 0.29) is 6.03 Å². The number of likely N-dealkylation sites (tertiary alicyclic amines) is 2. The van der Waals surface area contributed by atoms with E-state index in [9.17, 15) is 13.2 Å². The van der Waals surface area contributed by atoms with Crippen molar-refractivity contribution >= 4 is 15.9 Å². The Hall–Kier alpha value is -0.820. The number of carbonyl (C=O) groups excluding carboxylic acids is 1. The van der Waals surface area contributed by atoms with E-state index in [2.05, 4.69) is 24.1 Å². The SMILES string of the molecule is CC1CCN([C@@H](C)CNC(=O)N2CC[C@@H](S(C)(=O)=O)C2)CC1. The van der Waals surface area contributed by atoms with Crippen molar-refractivity contribution in [2.24, 2.45) is 5.92 Å². The minimum absolute atomic E-state index is 0.136. The summed E-state index contributed by atoms with van der Waals surface area (Å²) < 4.78 is 23.1. The zero-order chi connectivity index (χ0) is 16.3. The highest BCUT2D eigenvalue weighted by Crippen LogP contribution is 2.18. The molecule has 0 aliphatic carbocycles. The molecule has 0 unspecified atom stereocenters. The molecule has 2 heterocycles. The molecule has 0 saturated carbocycles. The van der Waals surface area contributed by atoms with Gasteiger partial charge in [0, 0.05) is 31.9 Å². The van der Waals surface area contributed by atoms with Gasteiger partial charge in [0.05, 0.1) is 5.25 Å². The topological polar surface area (TPSA) is 69.7 Å². The zero-order valence-corrected chi connectivity index (χ0v) is 14.7. The third-order valence-electron chi connectivity index (χ3n) is 5.03. The molecule has 1 N–H and O–H groups in total. The first-order valence-electron chi connectivity index (χ1n) is 8.23. The second kappa shape index (κ2) is 7.17. The van der Waals surface area contributed by atoms with Crippen LogP contribution in [0.25, 0.3) is 0 Å². The van der Waals surface area contributed by atoms with E-state index in [0.717, 1.165) is 19.0 Å². The molecule has 0 bridgehead atoms. The molecule has 2 aliphatic heterocycles. The smallest absolute Gasteiger partial charge is 0.317 e. The number of nitrogens with zero attached hydrogens (tertiary/aromatic N) is 2. The summed E-state index contributed by atoms with van der Waals surface area (Å²) >= 11 is 0. The molecule has 2 saturated heterocycles. The first kappa shape index (κ1) is 17.5. The largest absolute Gasteiger partial charge is 0.336 e. The number of sulfone groups is 1. The summed E-state index contributed by atoms with van der Waals surface area (Å²) in [5, 5.41) is 2.55. The van der Waals surface area contributed by atoms with Crippen molar-refractivity contribution in [1.82, 2.24) is 15.1 Å². The first-order valence-corrected chi connectivity index (χ1v) is 10.2. The number of hydrogen-bond donors (Lipinski definition) is 1. The number of urea groups is 1. The molecule has 6 nitrogen and oxygen atoms in total. The Kier molecular flexibility index (Phi) is 5.71. The third kappa shape index (κ3) is 4.59. The van der Waals surface area contributed by atoms with Crippen molar-refractivity contribution in [3.05, 3.63) is 0 Å². The Labute approximate surface area is 134 Å². The standard InChI is InChI=1S/C15H29N3O3S/c1-12-4-7-17(8-5-12)13(2)10-16-15(19)18-9-6-14(11-18)22(3,20)21/h12-14H,4-11H2,1-3H3,(H,16,19)/t13-,14+/m0/s1. The molecule has 0 aromatic heterocycles. The Bertz CT molecular complexity index is 486. The highest BCUT2D eigenvalue weighted by Gasteiger charge is 2.32. The van der Waals surface area contributed by atoms with Gasteiger partial charge in [-0.25, -0.2) is 13.2 Å². The highest BCUT2D eigenvalue weighted by atomic mass is 32.2. The van der Waals surface area contributed by atoms with Crippen LogP contribution < -0.4 is 5.32 Å². The highest BCUT2D eigenvalue weighted by molar-refractivity contribution is 7.91. The van der Waals surface area contributed by atoms with Crippen molar-refractivity contribution in [3.8, 4) is 0 Å². The van der Waals surface area contributed by atoms with Crippen LogP contribution >= 0.6 is 0 Å². The second-order valence-electron chi connectivity index (χ2n) is 6.94. The van der Waals surface area contributed by atoms with Crippen molar-refractivity contribution < 1.29 is 13.2 Å². The molecule has 2 amide bonds. The van der Waals surface area contributed by atoms with Crippen molar-refractivity contribution in [2.45, 2.75) is 44.4 Å². The van der Waals surface area contributed by atoms with Crippen molar-refractivity contribution in [2.75, 3.05) is 39.0 Å². The van der Waals surface area contributed by atoms with E-state index in [1.54, 1.807) is 4.90 Å². The normalized spacial score (nSPS) is 26.1. The molecule has 2 fully saturated rings. The van der Waals surface area contributed by atoms with Crippen LogP contribution in [-0.2, 0) is 9.84 Å². The van der Waals surface area contributed by atoms with E-state index in [4.69, 9.17) is 0 Å². The quantitative estimate of drug-likeness (QED) is 0.832. The molecule has 0 radical (unpaired) electrons. The fraction of sp³-hybridized carbons (Fsp3) is 0.933. The first-order chi connectivity index (χ1) is 10.3. The number of piperidine rings is 1. The minimum Gasteiger partial charge on any atom is -0.336 e. The van der Waals surface area contributed by atoms with Gasteiger partial charge in [-0.05, 0) is 45.2 Å². The van der Waals surface area contributed by atoms with Gasteiger partial charge >= 0.3 is 6.03 Å². The van der Waals surface area contributed by atoms with Gasteiger partial charge in [-0.3, -0.25) is 4.90 Å². The molecule has 0 aromatic rings. The van der Waals surface area contributed by atoms with Gasteiger partial charge in [0.25, 0.3) is 0 Å². The summed E-state index contributed by atoms with van der Waals surface area (Å²) in [6.45, 7) is 8.08. The lowest BCUT2D eigenvalue weighted by Gasteiger charge is -2.35. The Morgan fingerprint density at radius 2 is 1.86 bits per heavy atom. The number of hydrogen-bond acceptors (Lipinski definition) is 4. The maximum Gasteiger partial charge on any atom is 0.317 e. The van der Waals surface area contributed by atoms with E-state index >= 15 is 0 Å². The van der Waals surface area contributed by atoms with Crippen LogP contribution in [0.1, 0.15) is 33.1 Å². The van der Waals surface area contributed by atoms with Gasteiger partial charge in [0.15, 0.2) is 9.84 Å². The predicted octanol–water partition coefficient (Wildman–Crippen LogP) is 0.935. The number of amides is 2.